The van der Waals surface area contributed by atoms with Gasteiger partial charge in [0.25, 0.3) is 11.8 Å². The number of piperidine rings is 2. The van der Waals surface area contributed by atoms with E-state index in [1.165, 1.54) is 0 Å². The molecule has 0 unspecified atom stereocenters. The van der Waals surface area contributed by atoms with Crippen LogP contribution in [0, 0.1) is 0 Å². The Hall–Kier alpha value is -2.96. The summed E-state index contributed by atoms with van der Waals surface area (Å²) in [6.07, 6.45) is 7.44. The first-order chi connectivity index (χ1) is 19.5. The summed E-state index contributed by atoms with van der Waals surface area (Å²) < 4.78 is 0. The molecule has 0 bridgehead atoms. The predicted octanol–water partition coefficient (Wildman–Crippen LogP) is 6.71. The second-order valence-corrected chi connectivity index (χ2v) is 15.0. The summed E-state index contributed by atoms with van der Waals surface area (Å²) >= 11 is 0. The van der Waals surface area contributed by atoms with E-state index in [9.17, 15) is 9.59 Å². The largest absolute Gasteiger partial charge is 0.349 e. The van der Waals surface area contributed by atoms with Gasteiger partial charge >= 0.3 is 0 Å². The number of amides is 2. The van der Waals surface area contributed by atoms with Crippen LogP contribution in [-0.2, 0) is 0 Å². The Morgan fingerprint density at radius 1 is 0.667 bits per heavy atom. The number of nitrogens with one attached hydrogen (secondary N) is 2. The van der Waals surface area contributed by atoms with Crippen molar-refractivity contribution in [3.63, 3.8) is 0 Å². The molecule has 0 spiro atoms. The zero-order valence-corrected chi connectivity index (χ0v) is 27.1. The van der Waals surface area contributed by atoms with Crippen molar-refractivity contribution in [3.05, 3.63) is 72.8 Å². The summed E-state index contributed by atoms with van der Waals surface area (Å²) in [5, 5.41) is 8.51. The number of carbonyl (C=O) groups excluding carboxylic acids is 2. The lowest BCUT2D eigenvalue weighted by Gasteiger charge is -2.55. The van der Waals surface area contributed by atoms with Crippen molar-refractivity contribution in [3.8, 4) is 0 Å². The number of fused-ring (bicyclic) bond motifs is 1. The molecule has 2 heterocycles. The van der Waals surface area contributed by atoms with E-state index in [1.54, 1.807) is 0 Å². The molecule has 2 aromatic carbocycles. The number of likely N-dealkylation sites (tertiary alicyclic amines) is 2. The lowest BCUT2D eigenvalue weighted by atomic mass is 9.76. The fraction of sp³-hybridized carbons (Fsp3) is 0.556. The van der Waals surface area contributed by atoms with E-state index in [-0.39, 0.29) is 46.1 Å². The zero-order chi connectivity index (χ0) is 31.1. The highest BCUT2D eigenvalue weighted by Gasteiger charge is 2.46. The fourth-order valence-electron chi connectivity index (χ4n) is 8.15. The fourth-order valence-corrected chi connectivity index (χ4v) is 8.15. The Balaban J connectivity index is 1.44. The highest BCUT2D eigenvalue weighted by Crippen LogP contribution is 2.39. The third kappa shape index (κ3) is 6.65. The minimum absolute atomic E-state index is 0.0532. The highest BCUT2D eigenvalue weighted by atomic mass is 16.2. The van der Waals surface area contributed by atoms with E-state index in [1.807, 2.05) is 48.6 Å². The molecule has 6 heteroatoms. The van der Waals surface area contributed by atoms with Gasteiger partial charge in [0.2, 0.25) is 0 Å². The third-order valence-electron chi connectivity index (χ3n) is 9.56. The first kappa shape index (κ1) is 32.0. The molecule has 42 heavy (non-hydrogen) atoms. The van der Waals surface area contributed by atoms with Crippen LogP contribution in [0.3, 0.4) is 0 Å². The van der Waals surface area contributed by atoms with Gasteiger partial charge in [-0.25, -0.2) is 0 Å². The summed E-state index contributed by atoms with van der Waals surface area (Å²) in [6.45, 7) is 27.5. The second kappa shape index (κ2) is 11.6. The van der Waals surface area contributed by atoms with Crippen molar-refractivity contribution < 1.29 is 9.59 Å². The Kier molecular flexibility index (Phi) is 8.84. The van der Waals surface area contributed by atoms with Crippen molar-refractivity contribution >= 4 is 22.6 Å². The number of nitrogens with zero attached hydrogens (tertiary/aromatic N) is 2. The zero-order valence-electron chi connectivity index (χ0n) is 27.1. The van der Waals surface area contributed by atoms with Crippen molar-refractivity contribution in [2.45, 2.75) is 115 Å². The summed E-state index contributed by atoms with van der Waals surface area (Å²) in [6, 6.07) is 11.6. The first-order valence-corrected chi connectivity index (χ1v) is 15.4. The van der Waals surface area contributed by atoms with E-state index >= 15 is 0 Å². The van der Waals surface area contributed by atoms with Gasteiger partial charge in [-0.2, -0.15) is 0 Å². The van der Waals surface area contributed by atoms with Crippen LogP contribution in [0.4, 0.5) is 0 Å². The van der Waals surface area contributed by atoms with Crippen LogP contribution in [0.5, 0.6) is 0 Å². The van der Waals surface area contributed by atoms with Gasteiger partial charge in [0.15, 0.2) is 0 Å². The van der Waals surface area contributed by atoms with Crippen LogP contribution in [0.1, 0.15) is 102 Å². The molecule has 2 aliphatic rings. The molecule has 0 aromatic heterocycles. The molecule has 2 fully saturated rings. The Bertz CT molecular complexity index is 1220. The van der Waals surface area contributed by atoms with Gasteiger partial charge in [-0.1, -0.05) is 24.3 Å². The van der Waals surface area contributed by atoms with Crippen molar-refractivity contribution in [1.29, 1.82) is 0 Å². The molecule has 0 aliphatic carbocycles. The van der Waals surface area contributed by atoms with E-state index in [0.29, 0.717) is 11.1 Å². The van der Waals surface area contributed by atoms with Crippen molar-refractivity contribution in [2.75, 3.05) is 13.1 Å². The summed E-state index contributed by atoms with van der Waals surface area (Å²) in [4.78, 5) is 31.6. The second-order valence-electron chi connectivity index (χ2n) is 15.0. The molecule has 2 aromatic rings. The molecule has 2 aliphatic heterocycles. The Morgan fingerprint density at radius 3 is 1.26 bits per heavy atom. The van der Waals surface area contributed by atoms with Gasteiger partial charge in [0, 0.05) is 58.5 Å². The van der Waals surface area contributed by atoms with E-state index < -0.39 is 0 Å². The molecular formula is C36H52N4O2. The number of hydrogen-bond acceptors (Lipinski definition) is 4. The normalized spacial score (nSPS) is 22.4. The molecular weight excluding hydrogens is 520 g/mol. The van der Waals surface area contributed by atoms with Crippen molar-refractivity contribution in [1.82, 2.24) is 20.4 Å². The number of benzene rings is 2. The predicted molar refractivity (Wildman–Crippen MR) is 175 cm³/mol. The van der Waals surface area contributed by atoms with Crippen LogP contribution in [-0.4, -0.2) is 68.9 Å². The Morgan fingerprint density at radius 2 is 0.976 bits per heavy atom. The van der Waals surface area contributed by atoms with Crippen LogP contribution >= 0.6 is 0 Å². The number of carbonyl (C=O) groups is 2. The average Bonchev–Trinajstić information content (AvgIpc) is 2.86. The smallest absolute Gasteiger partial charge is 0.251 e. The molecule has 2 amide bonds. The summed E-state index contributed by atoms with van der Waals surface area (Å²) in [7, 11) is 0. The SMILES string of the molecule is C=CCN1C(C)(C)CC(NC(=O)c2ccc3cc(C(=O)NC4CC(C)(C)N(CC=C)C(C)(C)C4)ccc3c2)CC1(C)C. The maximum absolute atomic E-state index is 13.3. The monoisotopic (exact) mass is 572 g/mol. The standard InChI is InChI=1S/C36H52N4O2/c1-11-17-39-33(3,4)21-29(22-34(39,5)6)37-31(41)27-15-13-26-20-28(16-14-25(26)19-27)32(42)38-30-23-35(7,8)40(18-12-2)36(9,10)24-30/h11-16,19-20,29-30H,1-2,17-18,21-24H2,3-10H3,(H,37,41)(H,38,42). The molecule has 6 nitrogen and oxygen atoms in total. The number of hydrogen-bond donors (Lipinski definition) is 2. The average molecular weight is 573 g/mol. The minimum atomic E-state index is -0.0551. The maximum Gasteiger partial charge on any atom is 0.251 e. The van der Waals surface area contributed by atoms with Crippen LogP contribution < -0.4 is 10.6 Å². The molecule has 0 atom stereocenters. The quantitative estimate of drug-likeness (QED) is 0.345. The highest BCUT2D eigenvalue weighted by molar-refractivity contribution is 6.02. The molecule has 2 N–H and O–H groups in total. The van der Waals surface area contributed by atoms with Crippen LogP contribution in [0.25, 0.3) is 10.8 Å². The first-order valence-electron chi connectivity index (χ1n) is 15.4. The maximum atomic E-state index is 13.3. The van der Waals surface area contributed by atoms with Crippen LogP contribution in [0.15, 0.2) is 61.7 Å². The minimum Gasteiger partial charge on any atom is -0.349 e. The molecule has 228 valence electrons. The van der Waals surface area contributed by atoms with Crippen molar-refractivity contribution in [2.24, 2.45) is 0 Å². The lowest BCUT2D eigenvalue weighted by Crippen LogP contribution is -2.64. The topological polar surface area (TPSA) is 64.7 Å². The molecule has 2 saturated heterocycles. The van der Waals surface area contributed by atoms with Gasteiger partial charge in [-0.05, 0) is 116 Å². The Labute approximate surface area is 253 Å². The summed E-state index contributed by atoms with van der Waals surface area (Å²) in [5.41, 5.74) is 1.06. The van der Waals surface area contributed by atoms with E-state index in [2.05, 4.69) is 89.0 Å². The van der Waals surface area contributed by atoms with Gasteiger partial charge in [-0.3, -0.25) is 19.4 Å². The number of rotatable bonds is 8. The molecule has 0 radical (unpaired) electrons. The van der Waals surface area contributed by atoms with Crippen LogP contribution in [0.2, 0.25) is 0 Å². The van der Waals surface area contributed by atoms with Gasteiger partial charge < -0.3 is 10.6 Å². The van der Waals surface area contributed by atoms with E-state index in [0.717, 1.165) is 49.5 Å². The lowest BCUT2D eigenvalue weighted by molar-refractivity contribution is -0.0302. The van der Waals surface area contributed by atoms with Gasteiger partial charge in [0.1, 0.15) is 0 Å². The molecule has 4 rings (SSSR count). The van der Waals surface area contributed by atoms with E-state index in [4.69, 9.17) is 0 Å². The third-order valence-corrected chi connectivity index (χ3v) is 9.56. The summed E-state index contributed by atoms with van der Waals surface area (Å²) in [5.74, 6) is -0.110. The van der Waals surface area contributed by atoms with Gasteiger partial charge in [0.05, 0.1) is 0 Å². The molecule has 0 saturated carbocycles. The van der Waals surface area contributed by atoms with Gasteiger partial charge in [-0.15, -0.1) is 13.2 Å².